The Morgan fingerprint density at radius 3 is 2.92 bits per heavy atom. The second-order valence-electron chi connectivity index (χ2n) is 3.35. The van der Waals surface area contributed by atoms with Crippen LogP contribution in [0.3, 0.4) is 0 Å². The first-order valence-corrected chi connectivity index (χ1v) is 4.57. The van der Waals surface area contributed by atoms with Gasteiger partial charge in [0.2, 0.25) is 0 Å². The van der Waals surface area contributed by atoms with Crippen molar-refractivity contribution < 1.29 is 14.3 Å². The Morgan fingerprint density at radius 2 is 2.38 bits per heavy atom. The van der Waals surface area contributed by atoms with Gasteiger partial charge in [0.15, 0.2) is 0 Å². The van der Waals surface area contributed by atoms with Gasteiger partial charge in [-0.2, -0.15) is 0 Å². The molecule has 0 saturated carbocycles. The molecule has 2 N–H and O–H groups in total. The highest BCUT2D eigenvalue weighted by atomic mass is 16.5. The topological polar surface area (TPSA) is 69.4 Å². The largest absolute Gasteiger partial charge is 0.465 e. The first kappa shape index (κ1) is 10.2. The predicted molar refractivity (Wildman–Crippen MR) is 46.9 cm³/mol. The van der Waals surface area contributed by atoms with Gasteiger partial charge in [0.25, 0.3) is 0 Å². The third-order valence-corrected chi connectivity index (χ3v) is 2.47. The maximum atomic E-state index is 11.1. The minimum absolute atomic E-state index is 0.00162. The minimum Gasteiger partial charge on any atom is -0.465 e. The van der Waals surface area contributed by atoms with Gasteiger partial charge >= 0.3 is 5.97 Å². The summed E-state index contributed by atoms with van der Waals surface area (Å²) in [7, 11) is 0. The number of nitrogens with two attached hydrogens (primary N) is 1. The first-order valence-electron chi connectivity index (χ1n) is 4.57. The van der Waals surface area contributed by atoms with Crippen LogP contribution in [-0.4, -0.2) is 24.9 Å². The number of esters is 1. The molecule has 2 unspecified atom stereocenters. The van der Waals surface area contributed by atoms with Gasteiger partial charge in [-0.25, -0.2) is 0 Å². The molecule has 13 heavy (non-hydrogen) atoms. The summed E-state index contributed by atoms with van der Waals surface area (Å²) in [4.78, 5) is 22.2. The molecule has 0 spiro atoms. The molecule has 0 aromatic heterocycles. The molecule has 0 radical (unpaired) electrons. The highest BCUT2D eigenvalue weighted by Gasteiger charge is 2.36. The molecule has 2 atom stereocenters. The van der Waals surface area contributed by atoms with Crippen LogP contribution in [0.2, 0.25) is 0 Å². The lowest BCUT2D eigenvalue weighted by Crippen LogP contribution is -2.22. The predicted octanol–water partition coefficient (Wildman–Crippen LogP) is 0.104. The number of ketones is 1. The van der Waals surface area contributed by atoms with Crippen LogP contribution >= 0.6 is 0 Å². The standard InChI is InChI=1S/C9H15NO3/c1-2-8-6(3-7(11)4-10)5-13-9(8)12/h6,8H,2-5,10H2,1H3. The zero-order chi connectivity index (χ0) is 9.84. The number of carbonyl (C=O) groups is 2. The maximum Gasteiger partial charge on any atom is 0.309 e. The monoisotopic (exact) mass is 185 g/mol. The number of hydrogen-bond donors (Lipinski definition) is 1. The molecule has 0 aromatic rings. The third kappa shape index (κ3) is 2.28. The Balaban J connectivity index is 2.50. The minimum atomic E-state index is -0.169. The van der Waals surface area contributed by atoms with E-state index in [1.165, 1.54) is 0 Å². The summed E-state index contributed by atoms with van der Waals surface area (Å²) in [6.07, 6.45) is 1.11. The van der Waals surface area contributed by atoms with Gasteiger partial charge in [0.05, 0.1) is 19.1 Å². The molecular formula is C9H15NO3. The molecule has 1 aliphatic rings. The van der Waals surface area contributed by atoms with Crippen LogP contribution in [0, 0.1) is 11.8 Å². The third-order valence-electron chi connectivity index (χ3n) is 2.47. The van der Waals surface area contributed by atoms with Crippen LogP contribution in [0.25, 0.3) is 0 Å². The van der Waals surface area contributed by atoms with Gasteiger partial charge < -0.3 is 10.5 Å². The highest BCUT2D eigenvalue weighted by molar-refractivity contribution is 5.82. The summed E-state index contributed by atoms with van der Waals surface area (Å²) in [5.41, 5.74) is 5.20. The van der Waals surface area contributed by atoms with Crippen LogP contribution < -0.4 is 5.73 Å². The van der Waals surface area contributed by atoms with E-state index in [0.717, 1.165) is 6.42 Å². The zero-order valence-electron chi connectivity index (χ0n) is 7.79. The Labute approximate surface area is 77.4 Å². The van der Waals surface area contributed by atoms with Gasteiger partial charge in [0, 0.05) is 12.3 Å². The maximum absolute atomic E-state index is 11.1. The van der Waals surface area contributed by atoms with Crippen LogP contribution in [0.15, 0.2) is 0 Å². The summed E-state index contributed by atoms with van der Waals surface area (Å²) in [6, 6.07) is 0. The molecule has 0 amide bonds. The summed E-state index contributed by atoms with van der Waals surface area (Å²) in [5, 5.41) is 0. The molecule has 4 nitrogen and oxygen atoms in total. The van der Waals surface area contributed by atoms with E-state index in [1.54, 1.807) is 0 Å². The summed E-state index contributed by atoms with van der Waals surface area (Å²) in [6.45, 7) is 2.36. The van der Waals surface area contributed by atoms with E-state index in [-0.39, 0.29) is 30.1 Å². The molecule has 1 rings (SSSR count). The van der Waals surface area contributed by atoms with Crippen molar-refractivity contribution in [3.63, 3.8) is 0 Å². The van der Waals surface area contributed by atoms with Crippen molar-refractivity contribution in [2.75, 3.05) is 13.2 Å². The number of carbonyl (C=O) groups excluding carboxylic acids is 2. The van der Waals surface area contributed by atoms with Crippen LogP contribution in [0.1, 0.15) is 19.8 Å². The van der Waals surface area contributed by atoms with E-state index in [1.807, 2.05) is 6.92 Å². The Morgan fingerprint density at radius 1 is 1.69 bits per heavy atom. The van der Waals surface area contributed by atoms with Crippen molar-refractivity contribution in [3.8, 4) is 0 Å². The quantitative estimate of drug-likeness (QED) is 0.631. The van der Waals surface area contributed by atoms with E-state index in [0.29, 0.717) is 13.0 Å². The molecule has 4 heteroatoms. The molecule has 1 aliphatic heterocycles. The van der Waals surface area contributed by atoms with Crippen molar-refractivity contribution in [2.24, 2.45) is 17.6 Å². The Hall–Kier alpha value is -0.900. The number of Topliss-reactive ketones (excluding diaryl/α,β-unsaturated/α-hetero) is 1. The van der Waals surface area contributed by atoms with Crippen molar-refractivity contribution in [1.82, 2.24) is 0 Å². The van der Waals surface area contributed by atoms with Crippen molar-refractivity contribution in [3.05, 3.63) is 0 Å². The number of cyclic esters (lactones) is 1. The fourth-order valence-corrected chi connectivity index (χ4v) is 1.68. The summed E-state index contributed by atoms with van der Waals surface area (Å²) >= 11 is 0. The van der Waals surface area contributed by atoms with Gasteiger partial charge in [0.1, 0.15) is 5.78 Å². The molecule has 1 heterocycles. The van der Waals surface area contributed by atoms with Gasteiger partial charge in [-0.05, 0) is 6.42 Å². The second kappa shape index (κ2) is 4.37. The molecule has 1 fully saturated rings. The van der Waals surface area contributed by atoms with E-state index < -0.39 is 0 Å². The summed E-state index contributed by atoms with van der Waals surface area (Å²) < 4.78 is 4.88. The number of hydrogen-bond acceptors (Lipinski definition) is 4. The molecule has 0 bridgehead atoms. The normalized spacial score (nSPS) is 27.4. The van der Waals surface area contributed by atoms with Crippen molar-refractivity contribution in [2.45, 2.75) is 19.8 Å². The molecule has 0 aliphatic carbocycles. The lowest BCUT2D eigenvalue weighted by atomic mass is 9.89. The van der Waals surface area contributed by atoms with E-state index in [4.69, 9.17) is 10.5 Å². The molecule has 0 aromatic carbocycles. The van der Waals surface area contributed by atoms with E-state index in [9.17, 15) is 9.59 Å². The van der Waals surface area contributed by atoms with Crippen LogP contribution in [0.5, 0.6) is 0 Å². The van der Waals surface area contributed by atoms with E-state index in [2.05, 4.69) is 0 Å². The average molecular weight is 185 g/mol. The lowest BCUT2D eigenvalue weighted by molar-refractivity contribution is -0.141. The van der Waals surface area contributed by atoms with Gasteiger partial charge in [-0.1, -0.05) is 6.92 Å². The van der Waals surface area contributed by atoms with Gasteiger partial charge in [-0.3, -0.25) is 9.59 Å². The second-order valence-corrected chi connectivity index (χ2v) is 3.35. The molecule has 1 saturated heterocycles. The molecule has 74 valence electrons. The molecular weight excluding hydrogens is 170 g/mol. The number of ether oxygens (including phenoxy) is 1. The van der Waals surface area contributed by atoms with Crippen LogP contribution in [0.4, 0.5) is 0 Å². The zero-order valence-corrected chi connectivity index (χ0v) is 7.79. The lowest BCUT2D eigenvalue weighted by Gasteiger charge is -2.10. The average Bonchev–Trinajstić information content (AvgIpc) is 2.46. The fraction of sp³-hybridized carbons (Fsp3) is 0.778. The van der Waals surface area contributed by atoms with E-state index >= 15 is 0 Å². The fourth-order valence-electron chi connectivity index (χ4n) is 1.68. The van der Waals surface area contributed by atoms with Crippen molar-refractivity contribution in [1.29, 1.82) is 0 Å². The van der Waals surface area contributed by atoms with Gasteiger partial charge in [-0.15, -0.1) is 0 Å². The Kier molecular flexibility index (Phi) is 3.42. The van der Waals surface area contributed by atoms with Crippen LogP contribution in [-0.2, 0) is 14.3 Å². The smallest absolute Gasteiger partial charge is 0.309 e. The first-order chi connectivity index (χ1) is 6.19. The number of rotatable bonds is 4. The summed E-state index contributed by atoms with van der Waals surface area (Å²) in [5.74, 6) is -0.219. The van der Waals surface area contributed by atoms with Crippen molar-refractivity contribution >= 4 is 11.8 Å². The Bertz CT molecular complexity index is 215. The SMILES string of the molecule is CCC1C(=O)OCC1CC(=O)CN. The highest BCUT2D eigenvalue weighted by Crippen LogP contribution is 2.27.